The predicted molar refractivity (Wildman–Crippen MR) is 84.7 cm³/mol. The van der Waals surface area contributed by atoms with E-state index in [2.05, 4.69) is 15.9 Å². The number of halogens is 1. The minimum atomic E-state index is -0.994. The number of carbonyl (C=O) groups is 1. The number of furan rings is 1. The second-order valence-electron chi connectivity index (χ2n) is 5.66. The van der Waals surface area contributed by atoms with Crippen LogP contribution in [0.25, 0.3) is 16.9 Å². The van der Waals surface area contributed by atoms with Gasteiger partial charge in [0.1, 0.15) is 11.5 Å². The smallest absolute Gasteiger partial charge is 0.158 e. The lowest BCUT2D eigenvalue weighted by molar-refractivity contribution is -0.119. The molecule has 0 bridgehead atoms. The van der Waals surface area contributed by atoms with E-state index in [1.54, 1.807) is 13.0 Å². The maximum absolute atomic E-state index is 11.7. The van der Waals surface area contributed by atoms with Gasteiger partial charge in [-0.2, -0.15) is 0 Å². The molecule has 108 valence electrons. The molecule has 0 unspecified atom stereocenters. The summed E-state index contributed by atoms with van der Waals surface area (Å²) in [6.07, 6.45) is 2.16. The molecule has 1 aromatic carbocycles. The van der Waals surface area contributed by atoms with Gasteiger partial charge < -0.3 is 9.52 Å². The van der Waals surface area contributed by atoms with Crippen molar-refractivity contribution >= 4 is 27.3 Å². The number of hydrogen-bond acceptors (Lipinski definition) is 3. The van der Waals surface area contributed by atoms with Gasteiger partial charge in [-0.15, -0.1) is 0 Å². The first-order chi connectivity index (χ1) is 9.93. The second kappa shape index (κ2) is 5.28. The number of ketones is 1. The van der Waals surface area contributed by atoms with Crippen LogP contribution in [0.4, 0.5) is 0 Å². The first-order valence-corrected chi connectivity index (χ1v) is 7.54. The van der Waals surface area contributed by atoms with Gasteiger partial charge in [0.05, 0.1) is 5.60 Å². The third kappa shape index (κ3) is 3.17. The van der Waals surface area contributed by atoms with Gasteiger partial charge in [-0.05, 0) is 37.3 Å². The highest BCUT2D eigenvalue weighted by atomic mass is 79.9. The third-order valence-corrected chi connectivity index (χ3v) is 4.04. The predicted octanol–water partition coefficient (Wildman–Crippen LogP) is 4.21. The fourth-order valence-corrected chi connectivity index (χ4v) is 2.85. The Bertz CT molecular complexity index is 708. The van der Waals surface area contributed by atoms with E-state index in [0.717, 1.165) is 21.4 Å². The van der Waals surface area contributed by atoms with Gasteiger partial charge in [0.25, 0.3) is 0 Å². The lowest BCUT2D eigenvalue weighted by atomic mass is 9.84. The summed E-state index contributed by atoms with van der Waals surface area (Å²) in [5, 5.41) is 10.1. The van der Waals surface area contributed by atoms with E-state index in [9.17, 15) is 9.90 Å². The molecular weight excluding hydrogens is 332 g/mol. The van der Waals surface area contributed by atoms with Gasteiger partial charge in [0, 0.05) is 28.5 Å². The molecule has 3 rings (SSSR count). The summed E-state index contributed by atoms with van der Waals surface area (Å²) in [4.78, 5) is 11.7. The van der Waals surface area contributed by atoms with Gasteiger partial charge in [0.15, 0.2) is 5.78 Å². The molecule has 1 aromatic heterocycles. The fraction of sp³-hybridized carbons (Fsp3) is 0.235. The van der Waals surface area contributed by atoms with Crippen LogP contribution in [0.1, 0.15) is 25.5 Å². The molecule has 1 atom stereocenters. The fourth-order valence-electron chi connectivity index (χ4n) is 2.58. The average Bonchev–Trinajstić information content (AvgIpc) is 2.87. The minimum Gasteiger partial charge on any atom is -0.456 e. The van der Waals surface area contributed by atoms with E-state index in [-0.39, 0.29) is 12.2 Å². The minimum absolute atomic E-state index is 0.0668. The Labute approximate surface area is 131 Å². The number of rotatable bonds is 2. The lowest BCUT2D eigenvalue weighted by Crippen LogP contribution is -2.30. The summed E-state index contributed by atoms with van der Waals surface area (Å²) < 4.78 is 6.85. The molecule has 4 heteroatoms. The van der Waals surface area contributed by atoms with Crippen molar-refractivity contribution in [2.24, 2.45) is 0 Å². The highest BCUT2D eigenvalue weighted by Gasteiger charge is 2.31. The molecule has 0 amide bonds. The first-order valence-electron chi connectivity index (χ1n) is 6.75. The summed E-state index contributed by atoms with van der Waals surface area (Å²) in [6.45, 7) is 1.68. The molecule has 21 heavy (non-hydrogen) atoms. The molecule has 3 nitrogen and oxygen atoms in total. The van der Waals surface area contributed by atoms with Crippen molar-refractivity contribution in [3.8, 4) is 11.3 Å². The van der Waals surface area contributed by atoms with Crippen molar-refractivity contribution in [2.75, 3.05) is 0 Å². The van der Waals surface area contributed by atoms with Crippen LogP contribution in [0.2, 0.25) is 0 Å². The molecule has 1 aliphatic carbocycles. The monoisotopic (exact) mass is 346 g/mol. The molecule has 1 aliphatic rings. The standard InChI is InChI=1S/C17H15BrO3/c1-17(20)9-12(8-14(19)10-17)16-7-6-15(21-16)11-2-4-13(18)5-3-11/h2-8,20H,9-10H2,1H3/t17-/m0/s1. The van der Waals surface area contributed by atoms with Crippen LogP contribution < -0.4 is 0 Å². The Hall–Kier alpha value is -1.65. The topological polar surface area (TPSA) is 50.4 Å². The number of allylic oxidation sites excluding steroid dienone is 1. The zero-order valence-electron chi connectivity index (χ0n) is 11.6. The summed E-state index contributed by atoms with van der Waals surface area (Å²) in [6, 6.07) is 11.6. The summed E-state index contributed by atoms with van der Waals surface area (Å²) in [7, 11) is 0. The van der Waals surface area contributed by atoms with Crippen molar-refractivity contribution in [3.63, 3.8) is 0 Å². The summed E-state index contributed by atoms with van der Waals surface area (Å²) in [5.41, 5.74) is 0.727. The maximum Gasteiger partial charge on any atom is 0.158 e. The largest absolute Gasteiger partial charge is 0.456 e. The zero-order valence-corrected chi connectivity index (χ0v) is 13.2. The van der Waals surface area contributed by atoms with Gasteiger partial charge in [0.2, 0.25) is 0 Å². The van der Waals surface area contributed by atoms with E-state index in [1.807, 2.05) is 36.4 Å². The van der Waals surface area contributed by atoms with Crippen LogP contribution in [0, 0.1) is 0 Å². The highest BCUT2D eigenvalue weighted by Crippen LogP contribution is 2.34. The van der Waals surface area contributed by atoms with Crippen LogP contribution in [0.15, 0.2) is 51.4 Å². The van der Waals surface area contributed by atoms with Crippen LogP contribution in [0.5, 0.6) is 0 Å². The zero-order chi connectivity index (χ0) is 15.0. The number of benzene rings is 1. The van der Waals surface area contributed by atoms with Gasteiger partial charge in [-0.25, -0.2) is 0 Å². The third-order valence-electron chi connectivity index (χ3n) is 3.51. The van der Waals surface area contributed by atoms with Gasteiger partial charge in [-0.3, -0.25) is 4.79 Å². The SMILES string of the molecule is C[C@@]1(O)CC(=O)C=C(c2ccc(-c3ccc(Br)cc3)o2)C1. The van der Waals surface area contributed by atoms with E-state index in [1.165, 1.54) is 0 Å². The van der Waals surface area contributed by atoms with Crippen LogP contribution in [-0.2, 0) is 4.79 Å². The van der Waals surface area contributed by atoms with Crippen molar-refractivity contribution in [2.45, 2.75) is 25.4 Å². The first kappa shape index (κ1) is 14.3. The van der Waals surface area contributed by atoms with Crippen molar-refractivity contribution in [1.29, 1.82) is 0 Å². The molecule has 0 aliphatic heterocycles. The maximum atomic E-state index is 11.7. The van der Waals surface area contributed by atoms with E-state index < -0.39 is 5.60 Å². The number of aliphatic hydroxyl groups is 1. The molecule has 0 saturated carbocycles. The Morgan fingerprint density at radius 3 is 2.43 bits per heavy atom. The van der Waals surface area contributed by atoms with Crippen molar-refractivity contribution in [1.82, 2.24) is 0 Å². The molecule has 0 saturated heterocycles. The van der Waals surface area contributed by atoms with E-state index in [4.69, 9.17) is 4.42 Å². The second-order valence-corrected chi connectivity index (χ2v) is 6.57. The Morgan fingerprint density at radius 2 is 1.76 bits per heavy atom. The summed E-state index contributed by atoms with van der Waals surface area (Å²) >= 11 is 3.40. The van der Waals surface area contributed by atoms with Gasteiger partial charge in [-0.1, -0.05) is 28.1 Å². The quantitative estimate of drug-likeness (QED) is 0.886. The van der Waals surface area contributed by atoms with E-state index >= 15 is 0 Å². The number of carbonyl (C=O) groups excluding carboxylic acids is 1. The molecule has 0 radical (unpaired) electrons. The normalized spacial score (nSPS) is 22.2. The molecule has 1 heterocycles. The lowest BCUT2D eigenvalue weighted by Gasteiger charge is -2.26. The van der Waals surface area contributed by atoms with Crippen LogP contribution in [-0.4, -0.2) is 16.5 Å². The van der Waals surface area contributed by atoms with E-state index in [0.29, 0.717) is 12.2 Å². The van der Waals surface area contributed by atoms with Crippen molar-refractivity contribution in [3.05, 3.63) is 52.7 Å². The van der Waals surface area contributed by atoms with Crippen LogP contribution >= 0.6 is 15.9 Å². The number of hydrogen-bond donors (Lipinski definition) is 1. The Kier molecular flexibility index (Phi) is 3.59. The highest BCUT2D eigenvalue weighted by molar-refractivity contribution is 9.10. The molecule has 0 fully saturated rings. The van der Waals surface area contributed by atoms with Crippen molar-refractivity contribution < 1.29 is 14.3 Å². The molecule has 2 aromatic rings. The molecule has 0 spiro atoms. The molecule has 1 N–H and O–H groups in total. The van der Waals surface area contributed by atoms with Crippen LogP contribution in [0.3, 0.4) is 0 Å². The Morgan fingerprint density at radius 1 is 1.10 bits per heavy atom. The van der Waals surface area contributed by atoms with Gasteiger partial charge >= 0.3 is 0 Å². The Balaban J connectivity index is 1.92. The molecular formula is C17H15BrO3. The average molecular weight is 347 g/mol. The summed E-state index contributed by atoms with van der Waals surface area (Å²) in [5.74, 6) is 1.32.